The van der Waals surface area contributed by atoms with Crippen molar-refractivity contribution in [2.75, 3.05) is 0 Å². The topological polar surface area (TPSA) is 36.0 Å². The molecule has 0 fully saturated rings. The molecule has 2 N–H and O–H groups in total. The van der Waals surface area contributed by atoms with Gasteiger partial charge < -0.3 is 10.1 Å². The van der Waals surface area contributed by atoms with Gasteiger partial charge in [-0.3, -0.25) is 0 Å². The number of aromatic nitrogens is 1. The molecule has 0 unspecified atom stereocenters. The Morgan fingerprint density at radius 1 is 1.00 bits per heavy atom. The summed E-state index contributed by atoms with van der Waals surface area (Å²) < 4.78 is 0. The van der Waals surface area contributed by atoms with Crippen molar-refractivity contribution in [1.82, 2.24) is 4.98 Å². The van der Waals surface area contributed by atoms with Gasteiger partial charge in [-0.1, -0.05) is 12.1 Å². The summed E-state index contributed by atoms with van der Waals surface area (Å²) in [6.45, 7) is 0. The Balaban J connectivity index is 3.13. The molecular weight excluding hydrogens is 126 g/mol. The molecule has 2 heteroatoms. The predicted octanol–water partition coefficient (Wildman–Crippen LogP) is 1.84. The molecule has 0 bridgehead atoms. The van der Waals surface area contributed by atoms with Gasteiger partial charge >= 0.3 is 0 Å². The monoisotopic (exact) mass is 135 g/mol. The van der Waals surface area contributed by atoms with Gasteiger partial charge in [0.25, 0.3) is 0 Å². The summed E-state index contributed by atoms with van der Waals surface area (Å²) in [5.41, 5.74) is 0. The molecule has 0 spiro atoms. The van der Waals surface area contributed by atoms with E-state index >= 15 is 0 Å². The van der Waals surface area contributed by atoms with Crippen LogP contribution < -0.4 is 0 Å². The molecule has 1 rings (SSSR count). The van der Waals surface area contributed by atoms with E-state index in [4.69, 9.17) is 5.11 Å². The van der Waals surface area contributed by atoms with Gasteiger partial charge in [-0.15, -0.1) is 0 Å². The lowest BCUT2D eigenvalue weighted by Gasteiger charge is -1.77. The molecule has 1 aromatic rings. The number of H-pyrrole nitrogens is 1. The minimum absolute atomic E-state index is 0.243. The molecule has 0 aliphatic carbocycles. The van der Waals surface area contributed by atoms with Crippen LogP contribution in [-0.4, -0.2) is 10.1 Å². The second-order valence-corrected chi connectivity index (χ2v) is 1.84. The Bertz CT molecular complexity index is 217. The average molecular weight is 135 g/mol. The summed E-state index contributed by atoms with van der Waals surface area (Å²) >= 11 is 0. The normalized spacial score (nSPS) is 8.40. The number of nitrogens with one attached hydrogen (secondary N) is 1. The molecule has 0 radical (unpaired) electrons. The second-order valence-electron chi connectivity index (χ2n) is 1.84. The van der Waals surface area contributed by atoms with Gasteiger partial charge in [-0.25, -0.2) is 0 Å². The fraction of sp³-hybridized carbons (Fsp3) is 0. The first-order valence-corrected chi connectivity index (χ1v) is 3.04. The van der Waals surface area contributed by atoms with Gasteiger partial charge in [0.05, 0.1) is 0 Å². The van der Waals surface area contributed by atoms with Crippen molar-refractivity contribution in [2.45, 2.75) is 0 Å². The highest BCUT2D eigenvalue weighted by molar-refractivity contribution is 5.13. The van der Waals surface area contributed by atoms with Crippen LogP contribution in [0.1, 0.15) is 0 Å². The van der Waals surface area contributed by atoms with Crippen LogP contribution in [0.25, 0.3) is 0 Å². The molecular formula is C8H9NO. The largest absolute Gasteiger partial charge is 0.508 e. The summed E-state index contributed by atoms with van der Waals surface area (Å²) in [7, 11) is 0. The number of hydrogen-bond donors (Lipinski definition) is 2. The van der Waals surface area contributed by atoms with Crippen LogP contribution in [0.2, 0.25) is 0 Å². The average Bonchev–Trinajstić information content (AvgIpc) is 2.02. The van der Waals surface area contributed by atoms with Gasteiger partial charge in [0.2, 0.25) is 0 Å². The van der Waals surface area contributed by atoms with Crippen LogP contribution >= 0.6 is 0 Å². The first-order valence-electron chi connectivity index (χ1n) is 3.04. The lowest BCUT2D eigenvalue weighted by molar-refractivity contribution is 0.475. The molecule has 10 heavy (non-hydrogen) atoms. The molecule has 1 aromatic heterocycles. The summed E-state index contributed by atoms with van der Waals surface area (Å²) in [5.74, 6) is 0.243. The number of aromatic hydroxyl groups is 1. The third-order valence-electron chi connectivity index (χ3n) is 1.03. The maximum Gasteiger partial charge on any atom is 0.117 e. The van der Waals surface area contributed by atoms with Crippen molar-refractivity contribution in [3.63, 3.8) is 0 Å². The zero-order valence-electron chi connectivity index (χ0n) is 5.49. The van der Waals surface area contributed by atoms with Crippen molar-refractivity contribution in [1.29, 1.82) is 0 Å². The second kappa shape index (κ2) is 3.56. The Hall–Kier alpha value is -1.44. The quantitative estimate of drug-likeness (QED) is 0.559. The van der Waals surface area contributed by atoms with E-state index in [1.807, 2.05) is 12.1 Å². The third-order valence-corrected chi connectivity index (χ3v) is 1.03. The van der Waals surface area contributed by atoms with Crippen LogP contribution in [0.15, 0.2) is 42.7 Å². The third kappa shape index (κ3) is 2.22. The van der Waals surface area contributed by atoms with Gasteiger partial charge in [0.1, 0.15) is 5.75 Å². The van der Waals surface area contributed by atoms with Crippen LogP contribution in [0.4, 0.5) is 0 Å². The summed E-state index contributed by atoms with van der Waals surface area (Å²) in [6, 6.07) is 8.65. The highest BCUT2D eigenvalue weighted by atomic mass is 16.3. The summed E-state index contributed by atoms with van der Waals surface area (Å²) in [4.78, 5) is 2.84. The van der Waals surface area contributed by atoms with Crippen LogP contribution in [-0.2, 0) is 0 Å². The first kappa shape index (κ1) is 6.68. The van der Waals surface area contributed by atoms with E-state index in [9.17, 15) is 0 Å². The minimum Gasteiger partial charge on any atom is -0.508 e. The lowest BCUT2D eigenvalue weighted by atomic mass is 10.4. The fourth-order valence-electron chi connectivity index (χ4n) is 0.574. The molecule has 0 aromatic carbocycles. The van der Waals surface area contributed by atoms with E-state index in [2.05, 4.69) is 4.98 Å². The minimum atomic E-state index is 0.243. The Morgan fingerprint density at radius 3 is 2.80 bits per heavy atom. The zero-order valence-corrected chi connectivity index (χ0v) is 5.49. The standard InChI is InChI=1S/C8H9NO/c10-8-4-2-1-3-6-9-7-5-8/h1-7,9-10H. The summed E-state index contributed by atoms with van der Waals surface area (Å²) in [6.07, 6.45) is 3.44. The van der Waals surface area contributed by atoms with Crippen LogP contribution in [0.5, 0.6) is 5.75 Å². The van der Waals surface area contributed by atoms with Crippen molar-refractivity contribution in [3.05, 3.63) is 42.7 Å². The Kier molecular flexibility index (Phi) is 2.38. The molecule has 0 aliphatic heterocycles. The SMILES string of the molecule is Oc1ccccc[nH]cc1. The van der Waals surface area contributed by atoms with E-state index in [0.29, 0.717) is 0 Å². The number of aromatic amines is 1. The predicted molar refractivity (Wildman–Crippen MR) is 40.1 cm³/mol. The molecule has 52 valence electrons. The highest BCUT2D eigenvalue weighted by Crippen LogP contribution is 1.99. The lowest BCUT2D eigenvalue weighted by Crippen LogP contribution is -1.55. The van der Waals surface area contributed by atoms with Crippen molar-refractivity contribution in [2.24, 2.45) is 0 Å². The van der Waals surface area contributed by atoms with Gasteiger partial charge in [0, 0.05) is 12.4 Å². The smallest absolute Gasteiger partial charge is 0.117 e. The van der Waals surface area contributed by atoms with Gasteiger partial charge in [-0.2, -0.15) is 0 Å². The molecule has 0 saturated carbocycles. The first-order chi connectivity index (χ1) is 4.89. The van der Waals surface area contributed by atoms with Crippen molar-refractivity contribution in [3.8, 4) is 5.75 Å². The molecule has 0 saturated heterocycles. The maximum absolute atomic E-state index is 8.99. The van der Waals surface area contributed by atoms with Crippen LogP contribution in [0.3, 0.4) is 0 Å². The van der Waals surface area contributed by atoms with Gasteiger partial charge in [-0.05, 0) is 18.2 Å². The molecule has 0 amide bonds. The van der Waals surface area contributed by atoms with E-state index in [-0.39, 0.29) is 5.75 Å². The van der Waals surface area contributed by atoms with Gasteiger partial charge in [0.15, 0.2) is 0 Å². The fourth-order valence-corrected chi connectivity index (χ4v) is 0.574. The maximum atomic E-state index is 8.99. The van der Waals surface area contributed by atoms with Crippen molar-refractivity contribution >= 4 is 0 Å². The number of hydrogen-bond acceptors (Lipinski definition) is 1. The van der Waals surface area contributed by atoms with E-state index in [1.54, 1.807) is 30.6 Å². The molecule has 0 aliphatic rings. The number of rotatable bonds is 0. The van der Waals surface area contributed by atoms with Crippen molar-refractivity contribution < 1.29 is 5.11 Å². The van der Waals surface area contributed by atoms with Crippen LogP contribution in [0, 0.1) is 0 Å². The molecule has 1 heterocycles. The Labute approximate surface area is 59.5 Å². The highest BCUT2D eigenvalue weighted by Gasteiger charge is 1.72. The van der Waals surface area contributed by atoms with E-state index in [0.717, 1.165) is 0 Å². The Morgan fingerprint density at radius 2 is 1.90 bits per heavy atom. The molecule has 0 atom stereocenters. The summed E-state index contributed by atoms with van der Waals surface area (Å²) in [5, 5.41) is 8.99. The van der Waals surface area contributed by atoms with E-state index in [1.165, 1.54) is 0 Å². The van der Waals surface area contributed by atoms with E-state index < -0.39 is 0 Å². The molecule has 2 nitrogen and oxygen atoms in total. The zero-order chi connectivity index (χ0) is 7.23.